The van der Waals surface area contributed by atoms with Crippen molar-refractivity contribution >= 4 is 17.4 Å². The fourth-order valence-corrected chi connectivity index (χ4v) is 4.50. The van der Waals surface area contributed by atoms with Crippen LogP contribution in [0.15, 0.2) is 91.1 Å². The van der Waals surface area contributed by atoms with Crippen molar-refractivity contribution in [3.63, 3.8) is 0 Å². The zero-order valence-electron chi connectivity index (χ0n) is 20.5. The molecule has 3 aromatic carbocycles. The summed E-state index contributed by atoms with van der Waals surface area (Å²) in [5.41, 5.74) is 4.94. The van der Waals surface area contributed by atoms with Crippen molar-refractivity contribution in [1.29, 1.82) is 0 Å². The molecule has 0 saturated carbocycles. The van der Waals surface area contributed by atoms with E-state index in [4.69, 9.17) is 0 Å². The lowest BCUT2D eigenvalue weighted by Gasteiger charge is -2.32. The van der Waals surface area contributed by atoms with E-state index in [9.17, 15) is 4.79 Å². The van der Waals surface area contributed by atoms with E-state index in [0.29, 0.717) is 17.2 Å². The molecule has 0 bridgehead atoms. The summed E-state index contributed by atoms with van der Waals surface area (Å²) in [5.74, 6) is 1.31. The summed E-state index contributed by atoms with van der Waals surface area (Å²) in [6, 6.07) is 28.3. The van der Waals surface area contributed by atoms with Crippen LogP contribution < -0.4 is 10.6 Å². The van der Waals surface area contributed by atoms with Gasteiger partial charge in [0.2, 0.25) is 0 Å². The van der Waals surface area contributed by atoms with Gasteiger partial charge < -0.3 is 10.6 Å². The quantitative estimate of drug-likeness (QED) is 0.363. The monoisotopic (exact) mass is 477 g/mol. The van der Waals surface area contributed by atoms with Gasteiger partial charge in [-0.2, -0.15) is 0 Å². The molecule has 0 unspecified atom stereocenters. The van der Waals surface area contributed by atoms with Crippen LogP contribution in [0.1, 0.15) is 34.3 Å². The van der Waals surface area contributed by atoms with Crippen LogP contribution in [0.3, 0.4) is 0 Å². The molecule has 6 nitrogen and oxygen atoms in total. The van der Waals surface area contributed by atoms with Crippen molar-refractivity contribution in [1.82, 2.24) is 20.2 Å². The highest BCUT2D eigenvalue weighted by Crippen LogP contribution is 2.21. The molecule has 0 atom stereocenters. The zero-order valence-corrected chi connectivity index (χ0v) is 20.5. The van der Waals surface area contributed by atoms with Crippen LogP contribution in [0.4, 0.5) is 11.5 Å². The Morgan fingerprint density at radius 1 is 0.944 bits per heavy atom. The summed E-state index contributed by atoms with van der Waals surface area (Å²) in [7, 11) is 0. The smallest absolute Gasteiger partial charge is 0.251 e. The lowest BCUT2D eigenvalue weighted by Crippen LogP contribution is -2.44. The number of aryl methyl sites for hydroxylation is 1. The Balaban J connectivity index is 1.17. The van der Waals surface area contributed by atoms with Gasteiger partial charge >= 0.3 is 0 Å². The molecule has 36 heavy (non-hydrogen) atoms. The highest BCUT2D eigenvalue weighted by Gasteiger charge is 2.21. The lowest BCUT2D eigenvalue weighted by atomic mass is 10.0. The average Bonchev–Trinajstić information content (AvgIpc) is 2.91. The molecule has 0 aliphatic carbocycles. The zero-order chi connectivity index (χ0) is 24.7. The largest absolute Gasteiger partial charge is 0.349 e. The molecule has 2 heterocycles. The summed E-state index contributed by atoms with van der Waals surface area (Å²) in [4.78, 5) is 24.5. The van der Waals surface area contributed by atoms with E-state index in [1.54, 1.807) is 6.20 Å². The minimum atomic E-state index is -0.0387. The molecule has 5 rings (SSSR count). The Morgan fingerprint density at radius 3 is 2.50 bits per heavy atom. The van der Waals surface area contributed by atoms with Crippen molar-refractivity contribution in [3.05, 3.63) is 108 Å². The van der Waals surface area contributed by atoms with Crippen LogP contribution >= 0.6 is 0 Å². The first-order valence-corrected chi connectivity index (χ1v) is 12.5. The molecule has 1 aliphatic rings. The lowest BCUT2D eigenvalue weighted by molar-refractivity contribution is 0.0909. The third-order valence-corrected chi connectivity index (χ3v) is 6.53. The topological polar surface area (TPSA) is 70.2 Å². The van der Waals surface area contributed by atoms with E-state index >= 15 is 0 Å². The number of benzene rings is 3. The number of nitrogens with one attached hydrogen (secondary N) is 2. The Kier molecular flexibility index (Phi) is 7.33. The van der Waals surface area contributed by atoms with Crippen LogP contribution in [-0.4, -0.2) is 39.9 Å². The second-order valence-electron chi connectivity index (χ2n) is 9.35. The predicted molar refractivity (Wildman–Crippen MR) is 144 cm³/mol. The summed E-state index contributed by atoms with van der Waals surface area (Å²) < 4.78 is 0. The number of carbonyl (C=O) groups is 1. The number of piperidine rings is 1. The summed E-state index contributed by atoms with van der Waals surface area (Å²) in [6.07, 6.45) is 3.66. The van der Waals surface area contributed by atoms with Crippen molar-refractivity contribution in [2.45, 2.75) is 32.4 Å². The van der Waals surface area contributed by atoms with Gasteiger partial charge in [0.15, 0.2) is 5.82 Å². The van der Waals surface area contributed by atoms with Crippen LogP contribution in [0.5, 0.6) is 0 Å². The number of amides is 1. The van der Waals surface area contributed by atoms with Gasteiger partial charge in [-0.15, -0.1) is 0 Å². The highest BCUT2D eigenvalue weighted by molar-refractivity contribution is 5.95. The Morgan fingerprint density at radius 2 is 1.72 bits per heavy atom. The first-order chi connectivity index (χ1) is 17.6. The summed E-state index contributed by atoms with van der Waals surface area (Å²) in [6.45, 7) is 4.99. The van der Waals surface area contributed by atoms with E-state index in [1.165, 1.54) is 11.1 Å². The molecule has 4 aromatic rings. The molecule has 1 amide bonds. The second-order valence-corrected chi connectivity index (χ2v) is 9.35. The van der Waals surface area contributed by atoms with Crippen LogP contribution in [0.2, 0.25) is 0 Å². The molecule has 2 N–H and O–H groups in total. The standard InChI is InChI=1S/C30H31N5O/c1-22-10-12-24(13-11-22)29-31-17-14-28(34-29)32-27-9-5-8-25(20-27)30(36)33-26-15-18-35(19-16-26)21-23-6-3-2-4-7-23/h2-14,17,20,26H,15-16,18-19,21H2,1H3,(H,33,36)(H,31,32,34). The Bertz CT molecular complexity index is 1300. The third kappa shape index (κ3) is 6.15. The summed E-state index contributed by atoms with van der Waals surface area (Å²) >= 11 is 0. The number of hydrogen-bond acceptors (Lipinski definition) is 5. The molecule has 0 spiro atoms. The van der Waals surface area contributed by atoms with E-state index in [-0.39, 0.29) is 11.9 Å². The maximum Gasteiger partial charge on any atom is 0.251 e. The molecular weight excluding hydrogens is 446 g/mol. The van der Waals surface area contributed by atoms with E-state index in [0.717, 1.165) is 43.7 Å². The molecule has 1 aromatic heterocycles. The number of aromatic nitrogens is 2. The Labute approximate surface area is 212 Å². The van der Waals surface area contributed by atoms with Gasteiger partial charge in [-0.1, -0.05) is 66.2 Å². The number of hydrogen-bond donors (Lipinski definition) is 2. The normalized spacial score (nSPS) is 14.4. The maximum atomic E-state index is 13.0. The number of likely N-dealkylation sites (tertiary alicyclic amines) is 1. The SMILES string of the molecule is Cc1ccc(-c2nccc(Nc3cccc(C(=O)NC4CCN(Cc5ccccc5)CC4)c3)n2)cc1. The first kappa shape index (κ1) is 23.7. The fraction of sp³-hybridized carbons (Fsp3) is 0.233. The van der Waals surface area contributed by atoms with Crippen molar-refractivity contribution in [2.75, 3.05) is 18.4 Å². The van der Waals surface area contributed by atoms with Crippen LogP contribution in [-0.2, 0) is 6.54 Å². The maximum absolute atomic E-state index is 13.0. The molecule has 182 valence electrons. The minimum Gasteiger partial charge on any atom is -0.349 e. The van der Waals surface area contributed by atoms with Gasteiger partial charge in [0.1, 0.15) is 5.82 Å². The third-order valence-electron chi connectivity index (χ3n) is 6.53. The number of nitrogens with zero attached hydrogens (tertiary/aromatic N) is 3. The van der Waals surface area contributed by atoms with Crippen LogP contribution in [0.25, 0.3) is 11.4 Å². The van der Waals surface area contributed by atoms with Gasteiger partial charge in [-0.05, 0) is 49.6 Å². The van der Waals surface area contributed by atoms with Gasteiger partial charge in [0, 0.05) is 48.7 Å². The van der Waals surface area contributed by atoms with E-state index < -0.39 is 0 Å². The number of anilines is 2. The molecular formula is C30H31N5O. The van der Waals surface area contributed by atoms with Gasteiger partial charge in [-0.25, -0.2) is 9.97 Å². The minimum absolute atomic E-state index is 0.0387. The van der Waals surface area contributed by atoms with Gasteiger partial charge in [-0.3, -0.25) is 9.69 Å². The second kappa shape index (κ2) is 11.1. The predicted octanol–water partition coefficient (Wildman–Crippen LogP) is 5.59. The highest BCUT2D eigenvalue weighted by atomic mass is 16.1. The van der Waals surface area contributed by atoms with Crippen LogP contribution in [0, 0.1) is 6.92 Å². The average molecular weight is 478 g/mol. The molecule has 1 aliphatic heterocycles. The van der Waals surface area contributed by atoms with Crippen molar-refractivity contribution in [3.8, 4) is 11.4 Å². The Hall–Kier alpha value is -4.03. The molecule has 1 fully saturated rings. The first-order valence-electron chi connectivity index (χ1n) is 12.5. The van der Waals surface area contributed by atoms with Gasteiger partial charge in [0.25, 0.3) is 5.91 Å². The van der Waals surface area contributed by atoms with E-state index in [1.807, 2.05) is 60.7 Å². The summed E-state index contributed by atoms with van der Waals surface area (Å²) in [5, 5.41) is 6.54. The fourth-order valence-electron chi connectivity index (χ4n) is 4.50. The molecule has 1 saturated heterocycles. The molecule has 0 radical (unpaired) electrons. The number of rotatable bonds is 7. The number of carbonyl (C=O) groups excluding carboxylic acids is 1. The molecule has 6 heteroatoms. The van der Waals surface area contributed by atoms with Crippen molar-refractivity contribution in [2.24, 2.45) is 0 Å². The van der Waals surface area contributed by atoms with Crippen molar-refractivity contribution < 1.29 is 4.79 Å². The van der Waals surface area contributed by atoms with E-state index in [2.05, 4.69) is 56.7 Å². The van der Waals surface area contributed by atoms with Gasteiger partial charge in [0.05, 0.1) is 0 Å².